The maximum Gasteiger partial charge on any atom is 0.153 e. The first-order valence-electron chi connectivity index (χ1n) is 6.85. The minimum absolute atomic E-state index is 1.01. The summed E-state index contributed by atoms with van der Waals surface area (Å²) in [6, 6.07) is 10.5. The van der Waals surface area contributed by atoms with Crippen LogP contribution in [0, 0.1) is 0 Å². The van der Waals surface area contributed by atoms with Gasteiger partial charge < -0.3 is 14.6 Å². The first kappa shape index (κ1) is 12.2. The number of hydrogen-bond acceptors (Lipinski definition) is 3. The lowest BCUT2D eigenvalue weighted by Crippen LogP contribution is -2.44. The molecule has 0 unspecified atom stereocenters. The molecule has 4 nitrogen and oxygen atoms in total. The van der Waals surface area contributed by atoms with Crippen molar-refractivity contribution in [2.24, 2.45) is 0 Å². The van der Waals surface area contributed by atoms with Crippen molar-refractivity contribution in [2.75, 3.05) is 31.1 Å². The van der Waals surface area contributed by atoms with Crippen LogP contribution < -0.4 is 10.2 Å². The highest BCUT2D eigenvalue weighted by Crippen LogP contribution is 2.27. The maximum absolute atomic E-state index is 4.91. The normalized spacial score (nSPS) is 16.1. The van der Waals surface area contributed by atoms with Crippen LogP contribution in [-0.4, -0.2) is 35.6 Å². The molecule has 0 spiro atoms. The minimum Gasteiger partial charge on any atom is -0.352 e. The van der Waals surface area contributed by atoms with E-state index in [0.717, 1.165) is 47.5 Å². The van der Waals surface area contributed by atoms with E-state index >= 15 is 0 Å². The SMILES string of the molecule is Brc1ccc2c(c1)nc(N1CCNCC1)c1cccn12. The summed E-state index contributed by atoms with van der Waals surface area (Å²) in [5.74, 6) is 1.09. The number of rotatable bonds is 1. The molecule has 102 valence electrons. The largest absolute Gasteiger partial charge is 0.352 e. The molecule has 1 aromatic carbocycles. The second-order valence-electron chi connectivity index (χ2n) is 5.07. The average molecular weight is 331 g/mol. The van der Waals surface area contributed by atoms with Gasteiger partial charge in [-0.1, -0.05) is 15.9 Å². The molecule has 20 heavy (non-hydrogen) atoms. The van der Waals surface area contributed by atoms with E-state index in [2.05, 4.69) is 67.1 Å². The summed E-state index contributed by atoms with van der Waals surface area (Å²) in [7, 11) is 0. The van der Waals surface area contributed by atoms with Crippen LogP contribution in [0.5, 0.6) is 0 Å². The van der Waals surface area contributed by atoms with Gasteiger partial charge in [0.25, 0.3) is 0 Å². The van der Waals surface area contributed by atoms with Gasteiger partial charge in [-0.2, -0.15) is 0 Å². The molecule has 3 heterocycles. The average Bonchev–Trinajstić information content (AvgIpc) is 2.96. The Balaban J connectivity index is 1.99. The molecule has 0 bridgehead atoms. The number of piperazine rings is 1. The lowest BCUT2D eigenvalue weighted by molar-refractivity contribution is 0.586. The van der Waals surface area contributed by atoms with Crippen molar-refractivity contribution in [3.8, 4) is 0 Å². The molecule has 0 aliphatic carbocycles. The van der Waals surface area contributed by atoms with Gasteiger partial charge in [-0.25, -0.2) is 4.98 Å². The van der Waals surface area contributed by atoms with E-state index in [1.165, 1.54) is 5.52 Å². The van der Waals surface area contributed by atoms with E-state index in [0.29, 0.717) is 0 Å². The fourth-order valence-electron chi connectivity index (χ4n) is 2.84. The van der Waals surface area contributed by atoms with Crippen LogP contribution in [0.1, 0.15) is 0 Å². The van der Waals surface area contributed by atoms with Crippen LogP contribution >= 0.6 is 15.9 Å². The summed E-state index contributed by atoms with van der Waals surface area (Å²) < 4.78 is 3.29. The standard InChI is InChI=1S/C15H15BrN4/c16-11-3-4-13-12(10-11)18-15(14-2-1-7-20(13)14)19-8-5-17-6-9-19/h1-4,7,10,17H,5-6,8-9H2. The highest BCUT2D eigenvalue weighted by atomic mass is 79.9. The number of nitrogens with zero attached hydrogens (tertiary/aromatic N) is 3. The zero-order valence-corrected chi connectivity index (χ0v) is 12.6. The van der Waals surface area contributed by atoms with Crippen LogP contribution in [0.25, 0.3) is 16.6 Å². The van der Waals surface area contributed by atoms with Crippen LogP contribution in [0.15, 0.2) is 41.0 Å². The molecule has 1 aliphatic rings. The lowest BCUT2D eigenvalue weighted by atomic mass is 10.2. The summed E-state index contributed by atoms with van der Waals surface area (Å²) >= 11 is 3.53. The Morgan fingerprint density at radius 2 is 1.95 bits per heavy atom. The molecule has 5 heteroatoms. The highest BCUT2D eigenvalue weighted by molar-refractivity contribution is 9.10. The zero-order chi connectivity index (χ0) is 13.5. The monoisotopic (exact) mass is 330 g/mol. The van der Waals surface area contributed by atoms with E-state index in [1.807, 2.05) is 0 Å². The number of nitrogens with one attached hydrogen (secondary N) is 1. The van der Waals surface area contributed by atoms with Crippen molar-refractivity contribution >= 4 is 38.3 Å². The van der Waals surface area contributed by atoms with Gasteiger partial charge in [-0.3, -0.25) is 0 Å². The number of anilines is 1. The van der Waals surface area contributed by atoms with Gasteiger partial charge >= 0.3 is 0 Å². The molecule has 0 atom stereocenters. The van der Waals surface area contributed by atoms with Crippen LogP contribution in [0.2, 0.25) is 0 Å². The van der Waals surface area contributed by atoms with Crippen molar-refractivity contribution in [1.82, 2.24) is 14.7 Å². The Kier molecular flexibility index (Phi) is 2.89. The molecule has 1 saturated heterocycles. The molecule has 0 radical (unpaired) electrons. The number of aromatic nitrogens is 2. The Bertz CT molecular complexity index is 774. The molecule has 1 fully saturated rings. The Hall–Kier alpha value is -1.59. The number of hydrogen-bond donors (Lipinski definition) is 1. The number of benzene rings is 1. The van der Waals surface area contributed by atoms with E-state index in [9.17, 15) is 0 Å². The fourth-order valence-corrected chi connectivity index (χ4v) is 3.19. The Morgan fingerprint density at radius 3 is 2.80 bits per heavy atom. The fraction of sp³-hybridized carbons (Fsp3) is 0.267. The summed E-state index contributed by atoms with van der Waals surface area (Å²) in [5, 5.41) is 3.39. The van der Waals surface area contributed by atoms with Crippen molar-refractivity contribution in [3.05, 3.63) is 41.0 Å². The predicted molar refractivity (Wildman–Crippen MR) is 85.5 cm³/mol. The number of halogens is 1. The van der Waals surface area contributed by atoms with Gasteiger partial charge in [0, 0.05) is 36.8 Å². The summed E-state index contributed by atoms with van der Waals surface area (Å²) in [6.07, 6.45) is 2.11. The second kappa shape index (κ2) is 4.75. The van der Waals surface area contributed by atoms with E-state index in [-0.39, 0.29) is 0 Å². The third-order valence-electron chi connectivity index (χ3n) is 3.82. The predicted octanol–water partition coefficient (Wildman–Crippen LogP) is 2.66. The maximum atomic E-state index is 4.91. The molecule has 2 aromatic heterocycles. The van der Waals surface area contributed by atoms with Crippen LogP contribution in [0.4, 0.5) is 5.82 Å². The molecular weight excluding hydrogens is 316 g/mol. The van der Waals surface area contributed by atoms with E-state index in [1.54, 1.807) is 0 Å². The topological polar surface area (TPSA) is 32.6 Å². The summed E-state index contributed by atoms with van der Waals surface area (Å²) in [6.45, 7) is 4.05. The van der Waals surface area contributed by atoms with Gasteiger partial charge in [0.05, 0.1) is 16.6 Å². The summed E-state index contributed by atoms with van der Waals surface area (Å²) in [5.41, 5.74) is 3.35. The van der Waals surface area contributed by atoms with Crippen molar-refractivity contribution in [2.45, 2.75) is 0 Å². The summed E-state index contributed by atoms with van der Waals surface area (Å²) in [4.78, 5) is 7.27. The van der Waals surface area contributed by atoms with Crippen molar-refractivity contribution in [1.29, 1.82) is 0 Å². The first-order valence-corrected chi connectivity index (χ1v) is 7.64. The molecule has 0 amide bonds. The Labute approximate surface area is 125 Å². The van der Waals surface area contributed by atoms with E-state index in [4.69, 9.17) is 4.98 Å². The van der Waals surface area contributed by atoms with Crippen LogP contribution in [0.3, 0.4) is 0 Å². The lowest BCUT2D eigenvalue weighted by Gasteiger charge is -2.29. The number of fused-ring (bicyclic) bond motifs is 3. The molecule has 3 aromatic rings. The zero-order valence-electron chi connectivity index (χ0n) is 11.0. The molecule has 1 N–H and O–H groups in total. The molecule has 0 saturated carbocycles. The van der Waals surface area contributed by atoms with Gasteiger partial charge in [0.2, 0.25) is 0 Å². The van der Waals surface area contributed by atoms with Gasteiger partial charge in [-0.15, -0.1) is 0 Å². The molecule has 1 aliphatic heterocycles. The van der Waals surface area contributed by atoms with Gasteiger partial charge in [-0.05, 0) is 30.3 Å². The second-order valence-corrected chi connectivity index (χ2v) is 5.98. The van der Waals surface area contributed by atoms with Gasteiger partial charge in [0.15, 0.2) is 5.82 Å². The molecule has 4 rings (SSSR count). The minimum atomic E-state index is 1.01. The first-order chi connectivity index (χ1) is 9.83. The van der Waals surface area contributed by atoms with E-state index < -0.39 is 0 Å². The van der Waals surface area contributed by atoms with Crippen molar-refractivity contribution in [3.63, 3.8) is 0 Å². The Morgan fingerprint density at radius 1 is 1.10 bits per heavy atom. The molecular formula is C15H15BrN4. The smallest absolute Gasteiger partial charge is 0.153 e. The van der Waals surface area contributed by atoms with Crippen LogP contribution in [-0.2, 0) is 0 Å². The quantitative estimate of drug-likeness (QED) is 0.744. The third-order valence-corrected chi connectivity index (χ3v) is 4.31. The third kappa shape index (κ3) is 1.89. The van der Waals surface area contributed by atoms with Crippen molar-refractivity contribution < 1.29 is 0 Å². The van der Waals surface area contributed by atoms with Gasteiger partial charge in [0.1, 0.15) is 0 Å². The highest BCUT2D eigenvalue weighted by Gasteiger charge is 2.16.